The number of hydrogen-bond acceptors (Lipinski definition) is 3. The Morgan fingerprint density at radius 3 is 2.68 bits per heavy atom. The summed E-state index contributed by atoms with van der Waals surface area (Å²) in [5.74, 6) is 0.165. The average Bonchev–Trinajstić information content (AvgIpc) is 2.67. The van der Waals surface area contributed by atoms with Crippen LogP contribution in [0.2, 0.25) is 0 Å². The van der Waals surface area contributed by atoms with Crippen molar-refractivity contribution in [3.63, 3.8) is 0 Å². The molecule has 0 aromatic heterocycles. The number of benzene rings is 1. The Morgan fingerprint density at radius 2 is 2.00 bits per heavy atom. The van der Waals surface area contributed by atoms with Crippen molar-refractivity contribution in [3.8, 4) is 0 Å². The molecular formula is C21H32N2O2. The van der Waals surface area contributed by atoms with Crippen molar-refractivity contribution in [1.29, 1.82) is 0 Å². The van der Waals surface area contributed by atoms with Crippen LogP contribution >= 0.6 is 0 Å². The second-order valence-electron chi connectivity index (χ2n) is 7.70. The monoisotopic (exact) mass is 344 g/mol. The van der Waals surface area contributed by atoms with Gasteiger partial charge in [0.2, 0.25) is 5.91 Å². The number of hydrogen-bond donors (Lipinski definition) is 1. The predicted molar refractivity (Wildman–Crippen MR) is 101 cm³/mol. The third-order valence-electron chi connectivity index (χ3n) is 6.09. The van der Waals surface area contributed by atoms with E-state index < -0.39 is 5.41 Å². The summed E-state index contributed by atoms with van der Waals surface area (Å²) in [4.78, 5) is 15.7. The molecule has 2 aliphatic heterocycles. The normalized spacial score (nSPS) is 25.3. The zero-order valence-corrected chi connectivity index (χ0v) is 15.7. The molecule has 2 heterocycles. The highest BCUT2D eigenvalue weighted by Crippen LogP contribution is 2.35. The van der Waals surface area contributed by atoms with E-state index in [9.17, 15) is 4.79 Å². The number of carbonyl (C=O) groups is 1. The molecule has 2 atom stereocenters. The topological polar surface area (TPSA) is 41.6 Å². The van der Waals surface area contributed by atoms with Crippen molar-refractivity contribution in [2.24, 2.45) is 0 Å². The van der Waals surface area contributed by atoms with E-state index in [2.05, 4.69) is 36.2 Å². The molecule has 25 heavy (non-hydrogen) atoms. The van der Waals surface area contributed by atoms with Crippen molar-refractivity contribution in [2.75, 3.05) is 26.3 Å². The van der Waals surface area contributed by atoms with Crippen molar-refractivity contribution < 1.29 is 9.53 Å². The fourth-order valence-corrected chi connectivity index (χ4v) is 4.43. The van der Waals surface area contributed by atoms with Crippen LogP contribution in [0.25, 0.3) is 0 Å². The highest BCUT2D eigenvalue weighted by Gasteiger charge is 2.41. The molecule has 3 rings (SSSR count). The summed E-state index contributed by atoms with van der Waals surface area (Å²) in [7, 11) is 0. The van der Waals surface area contributed by atoms with Gasteiger partial charge >= 0.3 is 0 Å². The SMILES string of the molecule is C[C@H](CNC(=O)C1(c2ccccc2)CCOCC1)N1CCCC[C@@H]1C. The van der Waals surface area contributed by atoms with Gasteiger partial charge in [0.05, 0.1) is 5.41 Å². The van der Waals surface area contributed by atoms with Crippen LogP contribution in [0.15, 0.2) is 30.3 Å². The zero-order valence-electron chi connectivity index (χ0n) is 15.7. The van der Waals surface area contributed by atoms with Crippen LogP contribution < -0.4 is 5.32 Å². The smallest absolute Gasteiger partial charge is 0.230 e. The summed E-state index contributed by atoms with van der Waals surface area (Å²) in [5, 5.41) is 3.27. The molecule has 0 bridgehead atoms. The Kier molecular flexibility index (Phi) is 6.13. The van der Waals surface area contributed by atoms with Gasteiger partial charge in [0.25, 0.3) is 0 Å². The van der Waals surface area contributed by atoms with E-state index >= 15 is 0 Å². The fraction of sp³-hybridized carbons (Fsp3) is 0.667. The second kappa shape index (κ2) is 8.33. The molecular weight excluding hydrogens is 312 g/mol. The zero-order chi connectivity index (χ0) is 17.7. The van der Waals surface area contributed by atoms with E-state index in [4.69, 9.17) is 4.74 Å². The lowest BCUT2D eigenvalue weighted by molar-refractivity contribution is -0.130. The number of nitrogens with one attached hydrogen (secondary N) is 1. The van der Waals surface area contributed by atoms with Gasteiger partial charge < -0.3 is 10.1 Å². The Morgan fingerprint density at radius 1 is 1.28 bits per heavy atom. The van der Waals surface area contributed by atoms with E-state index in [1.165, 1.54) is 19.3 Å². The quantitative estimate of drug-likeness (QED) is 0.892. The van der Waals surface area contributed by atoms with Gasteiger partial charge in [0.15, 0.2) is 0 Å². The molecule has 2 saturated heterocycles. The van der Waals surface area contributed by atoms with Crippen LogP contribution in [0, 0.1) is 0 Å². The Bertz CT molecular complexity index is 554. The number of nitrogens with zero attached hydrogens (tertiary/aromatic N) is 1. The third kappa shape index (κ3) is 4.06. The van der Waals surface area contributed by atoms with Crippen LogP contribution in [-0.2, 0) is 14.9 Å². The average molecular weight is 344 g/mol. The number of carbonyl (C=O) groups excluding carboxylic acids is 1. The molecule has 0 aliphatic carbocycles. The van der Waals surface area contributed by atoms with Crippen molar-refractivity contribution in [2.45, 2.75) is 63.5 Å². The number of amides is 1. The van der Waals surface area contributed by atoms with Crippen molar-refractivity contribution >= 4 is 5.91 Å². The minimum Gasteiger partial charge on any atom is -0.381 e. The molecule has 138 valence electrons. The number of rotatable bonds is 5. The van der Waals surface area contributed by atoms with Crippen LogP contribution in [0.3, 0.4) is 0 Å². The first kappa shape index (κ1) is 18.4. The first-order valence-electron chi connectivity index (χ1n) is 9.81. The van der Waals surface area contributed by atoms with Gasteiger partial charge in [-0.3, -0.25) is 9.69 Å². The summed E-state index contributed by atoms with van der Waals surface area (Å²) in [6.45, 7) is 7.72. The number of ether oxygens (including phenoxy) is 1. The lowest BCUT2D eigenvalue weighted by atomic mass is 9.73. The van der Waals surface area contributed by atoms with Crippen LogP contribution in [0.5, 0.6) is 0 Å². The summed E-state index contributed by atoms with van der Waals surface area (Å²) < 4.78 is 5.54. The van der Waals surface area contributed by atoms with E-state index in [1.54, 1.807) is 0 Å². The van der Waals surface area contributed by atoms with Gasteiger partial charge in [0.1, 0.15) is 0 Å². The minimum atomic E-state index is -0.438. The summed E-state index contributed by atoms with van der Waals surface area (Å²) in [6, 6.07) is 11.2. The molecule has 2 fully saturated rings. The standard InChI is InChI=1S/C21H32N2O2/c1-17-8-6-7-13-23(17)18(2)16-22-20(24)21(11-14-25-15-12-21)19-9-4-3-5-10-19/h3-5,9-10,17-18H,6-8,11-16H2,1-2H3,(H,22,24)/t17-,18+/m0/s1. The molecule has 1 N–H and O–H groups in total. The number of likely N-dealkylation sites (tertiary alicyclic amines) is 1. The second-order valence-corrected chi connectivity index (χ2v) is 7.70. The maximum absolute atomic E-state index is 13.2. The first-order valence-corrected chi connectivity index (χ1v) is 9.81. The van der Waals surface area contributed by atoms with E-state index in [1.807, 2.05) is 18.2 Å². The summed E-state index contributed by atoms with van der Waals surface area (Å²) in [5.41, 5.74) is 0.682. The Balaban J connectivity index is 1.67. The number of piperidine rings is 1. The lowest BCUT2D eigenvalue weighted by Gasteiger charge is -2.40. The molecule has 0 radical (unpaired) electrons. The highest BCUT2D eigenvalue weighted by atomic mass is 16.5. The van der Waals surface area contributed by atoms with E-state index in [-0.39, 0.29) is 5.91 Å². The fourth-order valence-electron chi connectivity index (χ4n) is 4.43. The van der Waals surface area contributed by atoms with Gasteiger partial charge in [-0.2, -0.15) is 0 Å². The molecule has 1 aromatic rings. The maximum Gasteiger partial charge on any atom is 0.230 e. The largest absolute Gasteiger partial charge is 0.381 e. The lowest BCUT2D eigenvalue weighted by Crippen LogP contribution is -2.53. The summed E-state index contributed by atoms with van der Waals surface area (Å²) in [6.07, 6.45) is 5.39. The molecule has 1 aromatic carbocycles. The van der Waals surface area contributed by atoms with Gasteiger partial charge in [-0.15, -0.1) is 0 Å². The van der Waals surface area contributed by atoms with Crippen LogP contribution in [-0.4, -0.2) is 49.2 Å². The van der Waals surface area contributed by atoms with E-state index in [0.717, 1.165) is 31.5 Å². The van der Waals surface area contributed by atoms with Gasteiger partial charge in [0, 0.05) is 31.8 Å². The maximum atomic E-state index is 13.2. The van der Waals surface area contributed by atoms with Gasteiger partial charge in [-0.25, -0.2) is 0 Å². The molecule has 0 saturated carbocycles. The van der Waals surface area contributed by atoms with Crippen molar-refractivity contribution in [1.82, 2.24) is 10.2 Å². The predicted octanol–water partition coefficient (Wildman–Crippen LogP) is 3.11. The molecule has 4 heteroatoms. The van der Waals surface area contributed by atoms with Crippen LogP contribution in [0.1, 0.15) is 51.5 Å². The Hall–Kier alpha value is -1.39. The minimum absolute atomic E-state index is 0.165. The Labute approximate surface area is 151 Å². The van der Waals surface area contributed by atoms with E-state index in [0.29, 0.717) is 25.3 Å². The molecule has 4 nitrogen and oxygen atoms in total. The highest BCUT2D eigenvalue weighted by molar-refractivity contribution is 5.88. The first-order chi connectivity index (χ1) is 12.1. The summed E-state index contributed by atoms with van der Waals surface area (Å²) >= 11 is 0. The molecule has 0 unspecified atom stereocenters. The molecule has 1 amide bonds. The van der Waals surface area contributed by atoms with Crippen molar-refractivity contribution in [3.05, 3.63) is 35.9 Å². The molecule has 0 spiro atoms. The van der Waals surface area contributed by atoms with Crippen LogP contribution in [0.4, 0.5) is 0 Å². The molecule has 2 aliphatic rings. The van der Waals surface area contributed by atoms with Gasteiger partial charge in [-0.1, -0.05) is 36.8 Å². The third-order valence-corrected chi connectivity index (χ3v) is 6.09. The van der Waals surface area contributed by atoms with Gasteiger partial charge in [-0.05, 0) is 51.6 Å².